The number of rotatable bonds is 1. The maximum atomic E-state index is 11.9. The molecule has 20 heavy (non-hydrogen) atoms. The predicted molar refractivity (Wildman–Crippen MR) is 83.2 cm³/mol. The number of aromatic amines is 1. The van der Waals surface area contributed by atoms with E-state index in [2.05, 4.69) is 16.0 Å². The van der Waals surface area contributed by atoms with E-state index in [1.165, 1.54) is 0 Å². The van der Waals surface area contributed by atoms with Crippen molar-refractivity contribution < 1.29 is 0 Å². The first-order valence-electron chi connectivity index (χ1n) is 6.29. The van der Waals surface area contributed by atoms with Crippen molar-refractivity contribution >= 4 is 32.5 Å². The number of benzene rings is 2. The fourth-order valence-electron chi connectivity index (χ4n) is 2.37. The molecule has 0 unspecified atom stereocenters. The average Bonchev–Trinajstić information content (AvgIpc) is 2.91. The van der Waals surface area contributed by atoms with Crippen LogP contribution in [0.25, 0.3) is 31.7 Å². The lowest BCUT2D eigenvalue weighted by Crippen LogP contribution is -2.00. The Morgan fingerprint density at radius 2 is 1.90 bits per heavy atom. The van der Waals surface area contributed by atoms with Gasteiger partial charge in [-0.2, -0.15) is 0 Å². The Hall–Kier alpha value is -2.46. The lowest BCUT2D eigenvalue weighted by molar-refractivity contribution is 1.38. The summed E-state index contributed by atoms with van der Waals surface area (Å²) in [6.07, 6.45) is 1.68. The van der Waals surface area contributed by atoms with Gasteiger partial charge in [0.25, 0.3) is 0 Å². The van der Waals surface area contributed by atoms with Crippen LogP contribution < -0.4 is 5.43 Å². The van der Waals surface area contributed by atoms with Gasteiger partial charge in [-0.05, 0) is 24.3 Å². The molecule has 4 heteroatoms. The highest BCUT2D eigenvalue weighted by Gasteiger charge is 2.10. The van der Waals surface area contributed by atoms with E-state index in [9.17, 15) is 4.79 Å². The van der Waals surface area contributed by atoms with Gasteiger partial charge in [0.1, 0.15) is 5.01 Å². The minimum Gasteiger partial charge on any atom is -0.360 e. The van der Waals surface area contributed by atoms with Crippen LogP contribution in [0, 0.1) is 0 Å². The zero-order chi connectivity index (χ0) is 13.5. The number of hydrogen-bond donors (Lipinski definition) is 1. The number of nitrogens with one attached hydrogen (secondary N) is 1. The second-order valence-electron chi connectivity index (χ2n) is 4.56. The van der Waals surface area contributed by atoms with Crippen molar-refractivity contribution in [2.24, 2.45) is 0 Å². The quantitative estimate of drug-likeness (QED) is 0.575. The van der Waals surface area contributed by atoms with Gasteiger partial charge in [-0.1, -0.05) is 18.2 Å². The third-order valence-electron chi connectivity index (χ3n) is 3.32. The Labute approximate surface area is 118 Å². The van der Waals surface area contributed by atoms with Gasteiger partial charge in [-0.3, -0.25) is 4.79 Å². The third kappa shape index (κ3) is 1.66. The van der Waals surface area contributed by atoms with Gasteiger partial charge in [-0.15, -0.1) is 11.3 Å². The van der Waals surface area contributed by atoms with Gasteiger partial charge in [0.05, 0.1) is 15.7 Å². The van der Waals surface area contributed by atoms with Crippen LogP contribution in [-0.4, -0.2) is 9.97 Å². The van der Waals surface area contributed by atoms with E-state index in [4.69, 9.17) is 0 Å². The molecule has 0 aliphatic carbocycles. The molecule has 2 aromatic heterocycles. The smallest absolute Gasteiger partial charge is 0.189 e. The fourth-order valence-corrected chi connectivity index (χ4v) is 3.37. The highest BCUT2D eigenvalue weighted by Crippen LogP contribution is 2.32. The van der Waals surface area contributed by atoms with Crippen molar-refractivity contribution in [3.8, 4) is 10.6 Å². The summed E-state index contributed by atoms with van der Waals surface area (Å²) in [5, 5.41) is 1.63. The van der Waals surface area contributed by atoms with Crippen molar-refractivity contribution in [2.45, 2.75) is 0 Å². The second-order valence-corrected chi connectivity index (χ2v) is 5.59. The first kappa shape index (κ1) is 11.4. The maximum absolute atomic E-state index is 11.9. The number of aromatic nitrogens is 2. The number of fused-ring (bicyclic) bond motifs is 2. The van der Waals surface area contributed by atoms with Crippen LogP contribution in [0.1, 0.15) is 0 Å². The summed E-state index contributed by atoms with van der Waals surface area (Å²) in [5.74, 6) is 0. The molecule has 2 aromatic carbocycles. The number of pyridine rings is 1. The minimum atomic E-state index is 0.0294. The topological polar surface area (TPSA) is 45.8 Å². The van der Waals surface area contributed by atoms with Gasteiger partial charge in [0.2, 0.25) is 0 Å². The van der Waals surface area contributed by atoms with Crippen molar-refractivity contribution in [1.29, 1.82) is 0 Å². The molecule has 0 bridgehead atoms. The summed E-state index contributed by atoms with van der Waals surface area (Å²) < 4.78 is 1.15. The zero-order valence-corrected chi connectivity index (χ0v) is 11.3. The molecule has 2 heterocycles. The summed E-state index contributed by atoms with van der Waals surface area (Å²) in [6, 6.07) is 15.3. The molecule has 3 nitrogen and oxygen atoms in total. The summed E-state index contributed by atoms with van der Waals surface area (Å²) in [4.78, 5) is 19.7. The van der Waals surface area contributed by atoms with E-state index in [0.717, 1.165) is 26.3 Å². The van der Waals surface area contributed by atoms with E-state index >= 15 is 0 Å². The van der Waals surface area contributed by atoms with E-state index in [1.807, 2.05) is 36.4 Å². The Balaban J connectivity index is 2.07. The van der Waals surface area contributed by atoms with Gasteiger partial charge in [0.15, 0.2) is 5.43 Å². The molecule has 4 rings (SSSR count). The molecular formula is C16H10N2OS. The molecule has 4 aromatic rings. The van der Waals surface area contributed by atoms with E-state index < -0.39 is 0 Å². The zero-order valence-electron chi connectivity index (χ0n) is 10.5. The molecule has 0 radical (unpaired) electrons. The second kappa shape index (κ2) is 4.28. The summed E-state index contributed by atoms with van der Waals surface area (Å²) >= 11 is 1.64. The molecule has 0 atom stereocenters. The average molecular weight is 278 g/mol. The van der Waals surface area contributed by atoms with Gasteiger partial charge in [-0.25, -0.2) is 4.98 Å². The summed E-state index contributed by atoms with van der Waals surface area (Å²) in [7, 11) is 0. The van der Waals surface area contributed by atoms with Crippen molar-refractivity contribution in [3.05, 3.63) is 65.0 Å². The van der Waals surface area contributed by atoms with Crippen LogP contribution in [0.15, 0.2) is 59.5 Å². The minimum absolute atomic E-state index is 0.0294. The molecule has 0 saturated heterocycles. The van der Waals surface area contributed by atoms with E-state index in [0.29, 0.717) is 5.39 Å². The summed E-state index contributed by atoms with van der Waals surface area (Å²) in [5.41, 5.74) is 2.84. The van der Waals surface area contributed by atoms with Crippen LogP contribution in [-0.2, 0) is 0 Å². The molecule has 0 fully saturated rings. The van der Waals surface area contributed by atoms with Crippen molar-refractivity contribution in [1.82, 2.24) is 9.97 Å². The van der Waals surface area contributed by atoms with Crippen LogP contribution in [0.5, 0.6) is 0 Å². The standard InChI is InChI=1S/C16H10N2OS/c19-13-8-9-17-15-10(13)4-3-5-11(15)16-18-12-6-1-2-7-14(12)20-16/h1-9H,(H,17,19). The van der Waals surface area contributed by atoms with Crippen LogP contribution >= 0.6 is 11.3 Å². The number of nitrogens with zero attached hydrogens (tertiary/aromatic N) is 1. The van der Waals surface area contributed by atoms with Crippen LogP contribution in [0.3, 0.4) is 0 Å². The van der Waals surface area contributed by atoms with E-state index in [1.54, 1.807) is 23.6 Å². The van der Waals surface area contributed by atoms with Crippen molar-refractivity contribution in [2.75, 3.05) is 0 Å². The number of thiazole rings is 1. The Kier molecular flexibility index (Phi) is 2.44. The number of H-pyrrole nitrogens is 1. The third-order valence-corrected chi connectivity index (χ3v) is 4.39. The molecule has 0 amide bonds. The fraction of sp³-hybridized carbons (Fsp3) is 0. The molecule has 0 aliphatic heterocycles. The number of para-hydroxylation sites is 2. The van der Waals surface area contributed by atoms with Gasteiger partial charge >= 0.3 is 0 Å². The SMILES string of the molecule is O=c1cc[nH]c2c(-c3nc4ccccc4s3)cccc12. The lowest BCUT2D eigenvalue weighted by Gasteiger charge is -2.02. The monoisotopic (exact) mass is 278 g/mol. The molecule has 0 saturated carbocycles. The normalized spacial score (nSPS) is 11.2. The Bertz CT molecular complexity index is 951. The highest BCUT2D eigenvalue weighted by molar-refractivity contribution is 7.21. The van der Waals surface area contributed by atoms with Crippen LogP contribution in [0.4, 0.5) is 0 Å². The maximum Gasteiger partial charge on any atom is 0.189 e. The molecule has 0 spiro atoms. The van der Waals surface area contributed by atoms with Crippen molar-refractivity contribution in [3.63, 3.8) is 0 Å². The summed E-state index contributed by atoms with van der Waals surface area (Å²) in [6.45, 7) is 0. The predicted octanol–water partition coefficient (Wildman–Crippen LogP) is 3.80. The first-order valence-corrected chi connectivity index (χ1v) is 7.11. The Morgan fingerprint density at radius 3 is 2.80 bits per heavy atom. The van der Waals surface area contributed by atoms with Gasteiger partial charge < -0.3 is 4.98 Å². The Morgan fingerprint density at radius 1 is 1.00 bits per heavy atom. The lowest BCUT2D eigenvalue weighted by atomic mass is 10.1. The van der Waals surface area contributed by atoms with E-state index in [-0.39, 0.29) is 5.43 Å². The molecule has 96 valence electrons. The largest absolute Gasteiger partial charge is 0.360 e. The highest BCUT2D eigenvalue weighted by atomic mass is 32.1. The molecular weight excluding hydrogens is 268 g/mol. The molecule has 0 aliphatic rings. The van der Waals surface area contributed by atoms with Crippen LogP contribution in [0.2, 0.25) is 0 Å². The number of hydrogen-bond acceptors (Lipinski definition) is 3. The van der Waals surface area contributed by atoms with Gasteiger partial charge in [0, 0.05) is 23.2 Å². The first-order chi connectivity index (χ1) is 9.83. The molecule has 1 N–H and O–H groups in total.